The average molecular weight is 325 g/mol. The number of hydrogen-bond acceptors (Lipinski definition) is 4. The molecular formula is C15H17ClN2O4. The molecule has 0 amide bonds. The Kier molecular flexibility index (Phi) is 3.63. The number of aromatic nitrogens is 2. The Bertz CT molecular complexity index is 853. The van der Waals surface area contributed by atoms with Crippen LogP contribution in [0.1, 0.15) is 13.8 Å². The summed E-state index contributed by atoms with van der Waals surface area (Å²) in [6, 6.07) is 5.01. The van der Waals surface area contributed by atoms with E-state index in [-0.39, 0.29) is 18.2 Å². The van der Waals surface area contributed by atoms with Crippen LogP contribution in [0.3, 0.4) is 0 Å². The molecule has 0 aliphatic carbocycles. The molecule has 1 aromatic heterocycles. The molecule has 3 rings (SSSR count). The molecular weight excluding hydrogens is 308 g/mol. The number of benzene rings is 1. The zero-order chi connectivity index (χ0) is 16.1. The molecule has 0 unspecified atom stereocenters. The summed E-state index contributed by atoms with van der Waals surface area (Å²) in [4.78, 5) is 25.1. The Morgan fingerprint density at radius 2 is 2.09 bits per heavy atom. The van der Waals surface area contributed by atoms with Crippen LogP contribution in [0.25, 0.3) is 10.9 Å². The molecule has 0 bridgehead atoms. The maximum Gasteiger partial charge on any atom is 0.331 e. The second-order valence-electron chi connectivity index (χ2n) is 5.84. The van der Waals surface area contributed by atoms with Crippen molar-refractivity contribution in [3.05, 3.63) is 44.1 Å². The second-order valence-corrected chi connectivity index (χ2v) is 6.25. The minimum Gasteiger partial charge on any atom is -0.348 e. The maximum atomic E-state index is 12.6. The van der Waals surface area contributed by atoms with E-state index >= 15 is 0 Å². The molecule has 1 aromatic carbocycles. The van der Waals surface area contributed by atoms with Crippen LogP contribution in [0.15, 0.2) is 27.8 Å². The smallest absolute Gasteiger partial charge is 0.331 e. The van der Waals surface area contributed by atoms with E-state index in [4.69, 9.17) is 21.1 Å². The summed E-state index contributed by atoms with van der Waals surface area (Å²) >= 11 is 6.11. The van der Waals surface area contributed by atoms with Gasteiger partial charge in [-0.3, -0.25) is 13.9 Å². The first-order chi connectivity index (χ1) is 10.3. The van der Waals surface area contributed by atoms with Crippen molar-refractivity contribution in [2.45, 2.75) is 32.3 Å². The van der Waals surface area contributed by atoms with E-state index in [1.54, 1.807) is 39.1 Å². The van der Waals surface area contributed by atoms with E-state index in [1.807, 2.05) is 0 Å². The Balaban J connectivity index is 2.12. The number of aryl methyl sites for hydroxylation is 1. The topological polar surface area (TPSA) is 62.5 Å². The highest BCUT2D eigenvalue weighted by molar-refractivity contribution is 6.35. The Hall–Kier alpha value is -1.63. The van der Waals surface area contributed by atoms with Gasteiger partial charge in [-0.25, -0.2) is 4.79 Å². The SMILES string of the molecule is Cn1c(=O)n(C[C@H]2COC(C)(C)O2)c(=O)c2cccc(Cl)c21. The molecule has 118 valence electrons. The lowest BCUT2D eigenvalue weighted by molar-refractivity contribution is -0.139. The van der Waals surface area contributed by atoms with Crippen molar-refractivity contribution in [2.75, 3.05) is 6.61 Å². The van der Waals surface area contributed by atoms with E-state index in [0.717, 1.165) is 0 Å². The van der Waals surface area contributed by atoms with E-state index in [9.17, 15) is 9.59 Å². The van der Waals surface area contributed by atoms with Gasteiger partial charge >= 0.3 is 5.69 Å². The van der Waals surface area contributed by atoms with Crippen LogP contribution < -0.4 is 11.2 Å². The van der Waals surface area contributed by atoms with Crippen molar-refractivity contribution in [3.63, 3.8) is 0 Å². The third-order valence-corrected chi connectivity index (χ3v) is 4.07. The van der Waals surface area contributed by atoms with Gasteiger partial charge in [0.1, 0.15) is 6.10 Å². The number of nitrogens with zero attached hydrogens (tertiary/aromatic N) is 2. The average Bonchev–Trinajstić information content (AvgIpc) is 2.80. The van der Waals surface area contributed by atoms with Crippen LogP contribution >= 0.6 is 11.6 Å². The highest BCUT2D eigenvalue weighted by Crippen LogP contribution is 2.23. The van der Waals surface area contributed by atoms with Gasteiger partial charge in [-0.15, -0.1) is 0 Å². The first-order valence-corrected chi connectivity index (χ1v) is 7.38. The van der Waals surface area contributed by atoms with Crippen molar-refractivity contribution in [2.24, 2.45) is 7.05 Å². The molecule has 0 N–H and O–H groups in total. The highest BCUT2D eigenvalue weighted by atomic mass is 35.5. The van der Waals surface area contributed by atoms with Gasteiger partial charge in [0.15, 0.2) is 5.79 Å². The number of ether oxygens (including phenoxy) is 2. The van der Waals surface area contributed by atoms with Crippen LogP contribution in [-0.2, 0) is 23.1 Å². The van der Waals surface area contributed by atoms with E-state index < -0.39 is 11.5 Å². The summed E-state index contributed by atoms with van der Waals surface area (Å²) < 4.78 is 13.7. The standard InChI is InChI=1S/C15H17ClN2O4/c1-15(2)21-8-9(22-15)7-18-13(19)10-5-4-6-11(16)12(10)17(3)14(18)20/h4-6,9H,7-8H2,1-3H3/t9-/m0/s1. The molecule has 2 heterocycles. The van der Waals surface area contributed by atoms with Crippen LogP contribution in [0, 0.1) is 0 Å². The molecule has 22 heavy (non-hydrogen) atoms. The molecule has 6 nitrogen and oxygen atoms in total. The normalized spacial score (nSPS) is 20.6. The molecule has 1 saturated heterocycles. The van der Waals surface area contributed by atoms with Gasteiger partial charge in [0.05, 0.1) is 29.1 Å². The fraction of sp³-hybridized carbons (Fsp3) is 0.467. The summed E-state index contributed by atoms with van der Waals surface area (Å²) in [6.07, 6.45) is -0.336. The summed E-state index contributed by atoms with van der Waals surface area (Å²) in [5.41, 5.74) is -0.341. The molecule has 2 aromatic rings. The lowest BCUT2D eigenvalue weighted by Gasteiger charge is -2.18. The minimum atomic E-state index is -0.695. The molecule has 0 saturated carbocycles. The molecule has 1 fully saturated rings. The van der Waals surface area contributed by atoms with Gasteiger partial charge in [0, 0.05) is 7.05 Å². The number of fused-ring (bicyclic) bond motifs is 1. The fourth-order valence-corrected chi connectivity index (χ4v) is 3.06. The zero-order valence-corrected chi connectivity index (χ0v) is 13.4. The Morgan fingerprint density at radius 3 is 2.73 bits per heavy atom. The van der Waals surface area contributed by atoms with E-state index in [1.165, 1.54) is 9.13 Å². The first-order valence-electron chi connectivity index (χ1n) is 7.00. The largest absolute Gasteiger partial charge is 0.348 e. The second kappa shape index (κ2) is 5.22. The fourth-order valence-electron chi connectivity index (χ4n) is 2.76. The molecule has 1 aliphatic rings. The minimum absolute atomic E-state index is 0.150. The number of hydrogen-bond donors (Lipinski definition) is 0. The van der Waals surface area contributed by atoms with Crippen molar-refractivity contribution in [1.29, 1.82) is 0 Å². The number of para-hydroxylation sites is 1. The summed E-state index contributed by atoms with van der Waals surface area (Å²) in [6.45, 7) is 4.09. The van der Waals surface area contributed by atoms with Crippen molar-refractivity contribution in [1.82, 2.24) is 9.13 Å². The van der Waals surface area contributed by atoms with E-state index in [0.29, 0.717) is 22.5 Å². The van der Waals surface area contributed by atoms with Crippen LogP contribution in [0.4, 0.5) is 0 Å². The summed E-state index contributed by atoms with van der Waals surface area (Å²) in [5, 5.41) is 0.788. The first kappa shape index (κ1) is 15.3. The van der Waals surface area contributed by atoms with Crippen molar-refractivity contribution >= 4 is 22.5 Å². The lowest BCUT2D eigenvalue weighted by atomic mass is 10.2. The summed E-state index contributed by atoms with van der Waals surface area (Å²) in [5.74, 6) is -0.695. The van der Waals surface area contributed by atoms with Crippen LogP contribution in [0.5, 0.6) is 0 Å². The van der Waals surface area contributed by atoms with Crippen LogP contribution in [0.2, 0.25) is 5.02 Å². The Morgan fingerprint density at radius 1 is 1.36 bits per heavy atom. The van der Waals surface area contributed by atoms with Gasteiger partial charge in [-0.1, -0.05) is 17.7 Å². The zero-order valence-electron chi connectivity index (χ0n) is 12.6. The molecule has 0 spiro atoms. The molecule has 7 heteroatoms. The van der Waals surface area contributed by atoms with Crippen LogP contribution in [-0.4, -0.2) is 27.6 Å². The number of halogens is 1. The molecule has 0 radical (unpaired) electrons. The van der Waals surface area contributed by atoms with Crippen molar-refractivity contribution < 1.29 is 9.47 Å². The third-order valence-electron chi connectivity index (χ3n) is 3.77. The van der Waals surface area contributed by atoms with Gasteiger partial charge in [-0.05, 0) is 26.0 Å². The van der Waals surface area contributed by atoms with Crippen molar-refractivity contribution in [3.8, 4) is 0 Å². The van der Waals surface area contributed by atoms with Gasteiger partial charge in [0.2, 0.25) is 0 Å². The van der Waals surface area contributed by atoms with Gasteiger partial charge < -0.3 is 9.47 Å². The monoisotopic (exact) mass is 324 g/mol. The lowest BCUT2D eigenvalue weighted by Crippen LogP contribution is -2.42. The summed E-state index contributed by atoms with van der Waals surface area (Å²) in [7, 11) is 1.60. The third kappa shape index (κ3) is 2.47. The number of rotatable bonds is 2. The van der Waals surface area contributed by atoms with Gasteiger partial charge in [0.25, 0.3) is 5.56 Å². The maximum absolute atomic E-state index is 12.6. The van der Waals surface area contributed by atoms with E-state index in [2.05, 4.69) is 0 Å². The highest BCUT2D eigenvalue weighted by Gasteiger charge is 2.33. The quantitative estimate of drug-likeness (QED) is 0.840. The predicted octanol–water partition coefficient (Wildman–Crippen LogP) is 1.51. The molecule has 1 aliphatic heterocycles. The molecule has 1 atom stereocenters. The Labute approximate surface area is 131 Å². The predicted molar refractivity (Wildman–Crippen MR) is 83.4 cm³/mol. The van der Waals surface area contributed by atoms with Gasteiger partial charge in [-0.2, -0.15) is 0 Å².